The van der Waals surface area contributed by atoms with Gasteiger partial charge in [0.25, 0.3) is 0 Å². The summed E-state index contributed by atoms with van der Waals surface area (Å²) in [7, 11) is 4.06. The predicted molar refractivity (Wildman–Crippen MR) is 120 cm³/mol. The van der Waals surface area contributed by atoms with Crippen LogP contribution in [0.2, 0.25) is 0 Å². The zero-order valence-electron chi connectivity index (χ0n) is 17.4. The van der Waals surface area contributed by atoms with E-state index in [1.54, 1.807) is 0 Å². The molecule has 3 aromatic rings. The fraction of sp³-hybridized carbons (Fsp3) is 0.231. The van der Waals surface area contributed by atoms with E-state index >= 15 is 0 Å². The molecule has 0 amide bonds. The van der Waals surface area contributed by atoms with Crippen molar-refractivity contribution >= 4 is 11.1 Å². The summed E-state index contributed by atoms with van der Waals surface area (Å²) in [5.41, 5.74) is 5.64. The Hall–Kier alpha value is -2.91. The zero-order chi connectivity index (χ0) is 20.6. The highest BCUT2D eigenvalue weighted by molar-refractivity contribution is 5.98. The molecule has 0 saturated carbocycles. The Labute approximate surface area is 173 Å². The Balaban J connectivity index is 2.02. The van der Waals surface area contributed by atoms with Crippen molar-refractivity contribution in [1.82, 2.24) is 4.90 Å². The van der Waals surface area contributed by atoms with Gasteiger partial charge in [-0.25, -0.2) is 4.39 Å². The predicted octanol–water partition coefficient (Wildman–Crippen LogP) is 6.14. The van der Waals surface area contributed by atoms with E-state index in [2.05, 4.69) is 48.2 Å². The van der Waals surface area contributed by atoms with E-state index in [1.165, 1.54) is 23.3 Å². The second kappa shape index (κ2) is 10.0. The summed E-state index contributed by atoms with van der Waals surface area (Å²) in [5, 5.41) is 0. The first kappa shape index (κ1) is 20.8. The van der Waals surface area contributed by atoms with Crippen LogP contribution in [0.5, 0.6) is 5.75 Å². The maximum Gasteiger partial charge on any atom is 0.123 e. The topological polar surface area (TPSA) is 12.5 Å². The molecule has 150 valence electrons. The van der Waals surface area contributed by atoms with Gasteiger partial charge in [0.1, 0.15) is 18.2 Å². The van der Waals surface area contributed by atoms with Gasteiger partial charge in [-0.05, 0) is 72.6 Å². The molecule has 0 fully saturated rings. The van der Waals surface area contributed by atoms with Crippen LogP contribution in [-0.2, 0) is 0 Å². The van der Waals surface area contributed by atoms with Crippen LogP contribution in [0, 0.1) is 5.82 Å². The second-order valence-corrected chi connectivity index (χ2v) is 7.26. The number of halogens is 1. The molecule has 0 aromatic heterocycles. The SMILES string of the molecule is CC/C(=C(\c1ccc(F)cc1)c1ccc(OCCN(C)C)cc1)c1ccccc1. The fourth-order valence-corrected chi connectivity index (χ4v) is 3.36. The number of rotatable bonds is 8. The number of allylic oxidation sites excluding steroid dienone is 1. The Kier molecular flexibility index (Phi) is 7.20. The van der Waals surface area contributed by atoms with Gasteiger partial charge < -0.3 is 9.64 Å². The summed E-state index contributed by atoms with van der Waals surface area (Å²) in [5.74, 6) is 0.627. The molecule has 3 rings (SSSR count). The molecule has 0 aliphatic carbocycles. The molecule has 0 N–H and O–H groups in total. The lowest BCUT2D eigenvalue weighted by molar-refractivity contribution is 0.261. The molecule has 3 aromatic carbocycles. The summed E-state index contributed by atoms with van der Waals surface area (Å²) < 4.78 is 19.4. The van der Waals surface area contributed by atoms with Gasteiger partial charge in [-0.2, -0.15) is 0 Å². The van der Waals surface area contributed by atoms with Crippen LogP contribution in [0.25, 0.3) is 11.1 Å². The van der Waals surface area contributed by atoms with E-state index in [1.807, 2.05) is 44.4 Å². The first-order chi connectivity index (χ1) is 14.1. The number of nitrogens with zero attached hydrogens (tertiary/aromatic N) is 1. The summed E-state index contributed by atoms with van der Waals surface area (Å²) in [6, 6.07) is 25.3. The molecule has 0 heterocycles. The Morgan fingerprint density at radius 2 is 1.38 bits per heavy atom. The van der Waals surface area contributed by atoms with Crippen molar-refractivity contribution in [2.24, 2.45) is 0 Å². The minimum atomic E-state index is -0.226. The highest BCUT2D eigenvalue weighted by Gasteiger charge is 2.13. The lowest BCUT2D eigenvalue weighted by Crippen LogP contribution is -2.19. The van der Waals surface area contributed by atoms with Crippen LogP contribution in [0.4, 0.5) is 4.39 Å². The van der Waals surface area contributed by atoms with Crippen molar-refractivity contribution in [3.63, 3.8) is 0 Å². The van der Waals surface area contributed by atoms with Crippen LogP contribution in [0.1, 0.15) is 30.0 Å². The van der Waals surface area contributed by atoms with Crippen LogP contribution >= 0.6 is 0 Å². The minimum Gasteiger partial charge on any atom is -0.492 e. The Morgan fingerprint density at radius 3 is 1.93 bits per heavy atom. The third-order valence-corrected chi connectivity index (χ3v) is 4.86. The maximum absolute atomic E-state index is 13.6. The second-order valence-electron chi connectivity index (χ2n) is 7.26. The van der Waals surface area contributed by atoms with Crippen molar-refractivity contribution in [2.75, 3.05) is 27.2 Å². The van der Waals surface area contributed by atoms with E-state index in [0.29, 0.717) is 6.61 Å². The molecule has 29 heavy (non-hydrogen) atoms. The van der Waals surface area contributed by atoms with Gasteiger partial charge in [-0.3, -0.25) is 0 Å². The van der Waals surface area contributed by atoms with Crippen molar-refractivity contribution in [2.45, 2.75) is 13.3 Å². The average Bonchev–Trinajstić information content (AvgIpc) is 2.74. The molecule has 0 aliphatic rings. The summed E-state index contributed by atoms with van der Waals surface area (Å²) in [6.45, 7) is 3.68. The monoisotopic (exact) mass is 389 g/mol. The first-order valence-electron chi connectivity index (χ1n) is 10.0. The zero-order valence-corrected chi connectivity index (χ0v) is 17.4. The van der Waals surface area contributed by atoms with E-state index in [0.717, 1.165) is 35.4 Å². The Bertz CT molecular complexity index is 929. The molecule has 2 nitrogen and oxygen atoms in total. The van der Waals surface area contributed by atoms with Crippen LogP contribution < -0.4 is 4.74 Å². The third-order valence-electron chi connectivity index (χ3n) is 4.86. The largest absolute Gasteiger partial charge is 0.492 e. The van der Waals surface area contributed by atoms with E-state index in [9.17, 15) is 4.39 Å². The molecule has 0 saturated heterocycles. The summed E-state index contributed by atoms with van der Waals surface area (Å²) >= 11 is 0. The molecule has 0 radical (unpaired) electrons. The van der Waals surface area contributed by atoms with Crippen LogP contribution in [0.15, 0.2) is 78.9 Å². The number of ether oxygens (including phenoxy) is 1. The van der Waals surface area contributed by atoms with Gasteiger partial charge in [-0.1, -0.05) is 61.5 Å². The van der Waals surface area contributed by atoms with Gasteiger partial charge in [0.05, 0.1) is 0 Å². The lowest BCUT2D eigenvalue weighted by Gasteiger charge is -2.17. The number of hydrogen-bond acceptors (Lipinski definition) is 2. The summed E-state index contributed by atoms with van der Waals surface area (Å²) in [6.07, 6.45) is 0.873. The molecule has 0 aliphatic heterocycles. The number of benzene rings is 3. The molecule has 3 heteroatoms. The van der Waals surface area contributed by atoms with Gasteiger partial charge >= 0.3 is 0 Å². The molecular weight excluding hydrogens is 361 g/mol. The smallest absolute Gasteiger partial charge is 0.123 e. The van der Waals surface area contributed by atoms with E-state index < -0.39 is 0 Å². The van der Waals surface area contributed by atoms with Crippen molar-refractivity contribution in [1.29, 1.82) is 0 Å². The number of likely N-dealkylation sites (N-methyl/N-ethyl adjacent to an activating group) is 1. The highest BCUT2D eigenvalue weighted by atomic mass is 19.1. The average molecular weight is 390 g/mol. The van der Waals surface area contributed by atoms with E-state index in [-0.39, 0.29) is 5.82 Å². The van der Waals surface area contributed by atoms with Gasteiger partial charge in [0.15, 0.2) is 0 Å². The minimum absolute atomic E-state index is 0.226. The van der Waals surface area contributed by atoms with Crippen molar-refractivity contribution in [3.05, 3.63) is 101 Å². The Morgan fingerprint density at radius 1 is 0.793 bits per heavy atom. The molecule has 0 atom stereocenters. The number of hydrogen-bond donors (Lipinski definition) is 0. The first-order valence-corrected chi connectivity index (χ1v) is 10.0. The maximum atomic E-state index is 13.6. The lowest BCUT2D eigenvalue weighted by atomic mass is 9.88. The summed E-state index contributed by atoms with van der Waals surface area (Å²) in [4.78, 5) is 2.09. The van der Waals surface area contributed by atoms with Crippen LogP contribution in [0.3, 0.4) is 0 Å². The standard InChI is InChI=1S/C26H28FNO/c1-4-25(20-8-6-5-7-9-20)26(21-10-14-23(27)15-11-21)22-12-16-24(17-13-22)29-19-18-28(2)3/h5-17H,4,18-19H2,1-3H3/b26-25-. The molecule has 0 bridgehead atoms. The van der Waals surface area contributed by atoms with E-state index in [4.69, 9.17) is 4.74 Å². The normalized spacial score (nSPS) is 12.0. The molecule has 0 spiro atoms. The van der Waals surface area contributed by atoms with Gasteiger partial charge in [0, 0.05) is 6.54 Å². The van der Waals surface area contributed by atoms with Crippen molar-refractivity contribution in [3.8, 4) is 5.75 Å². The third kappa shape index (κ3) is 5.55. The van der Waals surface area contributed by atoms with Crippen molar-refractivity contribution < 1.29 is 9.13 Å². The van der Waals surface area contributed by atoms with Crippen LogP contribution in [-0.4, -0.2) is 32.1 Å². The van der Waals surface area contributed by atoms with Gasteiger partial charge in [0.2, 0.25) is 0 Å². The quantitative estimate of drug-likeness (QED) is 0.429. The highest BCUT2D eigenvalue weighted by Crippen LogP contribution is 2.35. The fourth-order valence-electron chi connectivity index (χ4n) is 3.36. The molecular formula is C26H28FNO. The van der Waals surface area contributed by atoms with Gasteiger partial charge in [-0.15, -0.1) is 0 Å². The molecule has 0 unspecified atom stereocenters.